The van der Waals surface area contributed by atoms with Gasteiger partial charge in [-0.2, -0.15) is 0 Å². The van der Waals surface area contributed by atoms with Crippen LogP contribution >= 0.6 is 0 Å². The molecule has 0 atom stereocenters. The van der Waals surface area contributed by atoms with Crippen molar-refractivity contribution in [2.45, 2.75) is 13.5 Å². The summed E-state index contributed by atoms with van der Waals surface area (Å²) in [6.07, 6.45) is 0. The maximum Gasteiger partial charge on any atom is 0.251 e. The summed E-state index contributed by atoms with van der Waals surface area (Å²) < 4.78 is 4.94. The molecule has 2 rings (SSSR count). The SMILES string of the molecule is Cc1cc(CNC(=O)c2ccc(N(C)C)cc2)no1. The number of rotatable bonds is 4. The van der Waals surface area contributed by atoms with Gasteiger partial charge in [0.1, 0.15) is 11.5 Å². The number of carbonyl (C=O) groups is 1. The molecule has 0 bridgehead atoms. The van der Waals surface area contributed by atoms with Crippen LogP contribution in [0.15, 0.2) is 34.9 Å². The summed E-state index contributed by atoms with van der Waals surface area (Å²) >= 11 is 0. The fraction of sp³-hybridized carbons (Fsp3) is 0.286. The minimum Gasteiger partial charge on any atom is -0.378 e. The van der Waals surface area contributed by atoms with Crippen molar-refractivity contribution in [1.29, 1.82) is 0 Å². The van der Waals surface area contributed by atoms with Gasteiger partial charge in [-0.25, -0.2) is 0 Å². The number of anilines is 1. The first kappa shape index (κ1) is 13.1. The third kappa shape index (κ3) is 3.34. The number of amides is 1. The zero-order chi connectivity index (χ0) is 13.8. The summed E-state index contributed by atoms with van der Waals surface area (Å²) in [4.78, 5) is 13.9. The Morgan fingerprint density at radius 3 is 2.53 bits per heavy atom. The van der Waals surface area contributed by atoms with Crippen LogP contribution in [0.25, 0.3) is 0 Å². The lowest BCUT2D eigenvalue weighted by molar-refractivity contribution is 0.0950. The molecule has 0 aliphatic heterocycles. The fourth-order valence-corrected chi connectivity index (χ4v) is 1.69. The standard InChI is InChI=1S/C14H17N3O2/c1-10-8-12(16-19-10)9-15-14(18)11-4-6-13(7-5-11)17(2)3/h4-8H,9H2,1-3H3,(H,15,18). The molecule has 5 nitrogen and oxygen atoms in total. The molecule has 1 aromatic carbocycles. The number of hydrogen-bond donors (Lipinski definition) is 1. The van der Waals surface area contributed by atoms with Crippen LogP contribution in [0.1, 0.15) is 21.8 Å². The molecule has 1 aromatic heterocycles. The predicted molar refractivity (Wildman–Crippen MR) is 73.2 cm³/mol. The zero-order valence-electron chi connectivity index (χ0n) is 11.3. The average Bonchev–Trinajstić information content (AvgIpc) is 2.82. The Bertz CT molecular complexity index is 558. The first-order chi connectivity index (χ1) is 9.06. The minimum absolute atomic E-state index is 0.119. The smallest absolute Gasteiger partial charge is 0.251 e. The van der Waals surface area contributed by atoms with Gasteiger partial charge in [-0.3, -0.25) is 4.79 Å². The Hall–Kier alpha value is -2.30. The topological polar surface area (TPSA) is 58.4 Å². The third-order valence-electron chi connectivity index (χ3n) is 2.75. The van der Waals surface area contributed by atoms with Crippen LogP contribution in [-0.4, -0.2) is 25.2 Å². The first-order valence-corrected chi connectivity index (χ1v) is 6.04. The van der Waals surface area contributed by atoms with Crippen molar-refractivity contribution in [2.75, 3.05) is 19.0 Å². The van der Waals surface area contributed by atoms with E-state index >= 15 is 0 Å². The van der Waals surface area contributed by atoms with Crippen molar-refractivity contribution >= 4 is 11.6 Å². The Balaban J connectivity index is 1.96. The number of hydrogen-bond acceptors (Lipinski definition) is 4. The highest BCUT2D eigenvalue weighted by Crippen LogP contribution is 2.12. The lowest BCUT2D eigenvalue weighted by Gasteiger charge is -2.12. The van der Waals surface area contributed by atoms with Gasteiger partial charge in [0.2, 0.25) is 0 Å². The van der Waals surface area contributed by atoms with Crippen molar-refractivity contribution in [3.05, 3.63) is 47.3 Å². The molecule has 0 unspecified atom stereocenters. The van der Waals surface area contributed by atoms with Gasteiger partial charge in [0.25, 0.3) is 5.91 Å². The second-order valence-electron chi connectivity index (χ2n) is 4.55. The van der Waals surface area contributed by atoms with E-state index < -0.39 is 0 Å². The molecule has 0 spiro atoms. The highest BCUT2D eigenvalue weighted by molar-refractivity contribution is 5.94. The maximum absolute atomic E-state index is 11.9. The van der Waals surface area contributed by atoms with Crippen LogP contribution in [0.3, 0.4) is 0 Å². The normalized spacial score (nSPS) is 10.3. The number of aromatic nitrogens is 1. The van der Waals surface area contributed by atoms with E-state index in [-0.39, 0.29) is 5.91 Å². The number of benzene rings is 1. The molecule has 100 valence electrons. The van der Waals surface area contributed by atoms with E-state index in [9.17, 15) is 4.79 Å². The number of aryl methyl sites for hydroxylation is 1. The second-order valence-corrected chi connectivity index (χ2v) is 4.55. The van der Waals surface area contributed by atoms with E-state index in [1.165, 1.54) is 0 Å². The molecule has 0 fully saturated rings. The summed E-state index contributed by atoms with van der Waals surface area (Å²) in [5.74, 6) is 0.616. The van der Waals surface area contributed by atoms with Crippen molar-refractivity contribution < 1.29 is 9.32 Å². The largest absolute Gasteiger partial charge is 0.378 e. The molecule has 1 N–H and O–H groups in total. The Kier molecular flexibility index (Phi) is 3.85. The molecule has 5 heteroatoms. The van der Waals surface area contributed by atoms with Crippen LogP contribution in [0.4, 0.5) is 5.69 Å². The quantitative estimate of drug-likeness (QED) is 0.912. The minimum atomic E-state index is -0.119. The molecular weight excluding hydrogens is 242 g/mol. The Morgan fingerprint density at radius 2 is 2.00 bits per heavy atom. The molecule has 1 amide bonds. The Labute approximate surface area is 112 Å². The molecular formula is C14H17N3O2. The van der Waals surface area contributed by atoms with Crippen LogP contribution in [0.2, 0.25) is 0 Å². The lowest BCUT2D eigenvalue weighted by atomic mass is 10.2. The monoisotopic (exact) mass is 259 g/mol. The van der Waals surface area contributed by atoms with E-state index in [1.807, 2.05) is 38.1 Å². The number of carbonyl (C=O) groups excluding carboxylic acids is 1. The second kappa shape index (κ2) is 5.56. The third-order valence-corrected chi connectivity index (χ3v) is 2.75. The van der Waals surface area contributed by atoms with Gasteiger partial charge in [0.05, 0.1) is 6.54 Å². The average molecular weight is 259 g/mol. The van der Waals surface area contributed by atoms with Gasteiger partial charge < -0.3 is 14.7 Å². The Morgan fingerprint density at radius 1 is 1.32 bits per heavy atom. The molecule has 0 aliphatic rings. The van der Waals surface area contributed by atoms with Crippen LogP contribution in [0, 0.1) is 6.92 Å². The number of nitrogens with one attached hydrogen (secondary N) is 1. The molecule has 2 aromatic rings. The number of nitrogens with zero attached hydrogens (tertiary/aromatic N) is 2. The fourth-order valence-electron chi connectivity index (χ4n) is 1.69. The highest BCUT2D eigenvalue weighted by Gasteiger charge is 2.07. The summed E-state index contributed by atoms with van der Waals surface area (Å²) in [5, 5.41) is 6.62. The van der Waals surface area contributed by atoms with Gasteiger partial charge in [-0.1, -0.05) is 5.16 Å². The molecule has 1 heterocycles. The van der Waals surface area contributed by atoms with Crippen molar-refractivity contribution in [3.63, 3.8) is 0 Å². The van der Waals surface area contributed by atoms with Crippen LogP contribution < -0.4 is 10.2 Å². The van der Waals surface area contributed by atoms with Gasteiger partial charge in [0.15, 0.2) is 0 Å². The molecule has 0 saturated carbocycles. The van der Waals surface area contributed by atoms with Gasteiger partial charge in [-0.15, -0.1) is 0 Å². The lowest BCUT2D eigenvalue weighted by Crippen LogP contribution is -2.23. The molecule has 0 radical (unpaired) electrons. The summed E-state index contributed by atoms with van der Waals surface area (Å²) in [6.45, 7) is 2.18. The van der Waals surface area contributed by atoms with E-state index in [0.717, 1.165) is 17.1 Å². The van der Waals surface area contributed by atoms with Crippen molar-refractivity contribution in [3.8, 4) is 0 Å². The van der Waals surface area contributed by atoms with Gasteiger partial charge >= 0.3 is 0 Å². The maximum atomic E-state index is 11.9. The van der Waals surface area contributed by atoms with E-state index in [2.05, 4.69) is 10.5 Å². The van der Waals surface area contributed by atoms with E-state index in [0.29, 0.717) is 12.1 Å². The zero-order valence-corrected chi connectivity index (χ0v) is 11.3. The van der Waals surface area contributed by atoms with E-state index in [1.54, 1.807) is 18.2 Å². The van der Waals surface area contributed by atoms with E-state index in [4.69, 9.17) is 4.52 Å². The van der Waals surface area contributed by atoms with Crippen molar-refractivity contribution in [2.24, 2.45) is 0 Å². The summed E-state index contributed by atoms with van der Waals surface area (Å²) in [6, 6.07) is 9.23. The van der Waals surface area contributed by atoms with Crippen LogP contribution in [0.5, 0.6) is 0 Å². The first-order valence-electron chi connectivity index (χ1n) is 6.04. The van der Waals surface area contributed by atoms with Gasteiger partial charge in [0, 0.05) is 31.4 Å². The molecule has 0 aliphatic carbocycles. The van der Waals surface area contributed by atoms with Crippen molar-refractivity contribution in [1.82, 2.24) is 10.5 Å². The summed E-state index contributed by atoms with van der Waals surface area (Å²) in [7, 11) is 3.92. The van der Waals surface area contributed by atoms with Crippen LogP contribution in [-0.2, 0) is 6.54 Å². The predicted octanol–water partition coefficient (Wildman–Crippen LogP) is 1.98. The molecule has 0 saturated heterocycles. The molecule has 19 heavy (non-hydrogen) atoms. The highest BCUT2D eigenvalue weighted by atomic mass is 16.5. The summed E-state index contributed by atoms with van der Waals surface area (Å²) in [5.41, 5.74) is 2.41. The van der Waals surface area contributed by atoms with Gasteiger partial charge in [-0.05, 0) is 31.2 Å².